The van der Waals surface area contributed by atoms with Crippen LogP contribution in [0.15, 0.2) is 42.5 Å². The fourth-order valence-electron chi connectivity index (χ4n) is 3.02. The van der Waals surface area contributed by atoms with E-state index in [9.17, 15) is 4.79 Å². The third-order valence-corrected chi connectivity index (χ3v) is 4.96. The SMILES string of the molecule is COc1c(Cl)ccc(Cl)c1C(=O)O[N+]1(Cc2ccccc2)CCOCC1. The van der Waals surface area contributed by atoms with Crippen molar-refractivity contribution in [3.63, 3.8) is 0 Å². The topological polar surface area (TPSA) is 44.8 Å². The molecule has 3 rings (SSSR count). The van der Waals surface area contributed by atoms with Gasteiger partial charge in [-0.25, -0.2) is 4.79 Å². The molecule has 0 saturated carbocycles. The highest BCUT2D eigenvalue weighted by Crippen LogP contribution is 2.35. The van der Waals surface area contributed by atoms with Crippen molar-refractivity contribution >= 4 is 29.2 Å². The summed E-state index contributed by atoms with van der Waals surface area (Å²) in [5, 5.41) is 0.544. The highest BCUT2D eigenvalue weighted by Gasteiger charge is 2.38. The van der Waals surface area contributed by atoms with Gasteiger partial charge >= 0.3 is 5.97 Å². The van der Waals surface area contributed by atoms with E-state index in [1.165, 1.54) is 7.11 Å². The Bertz CT molecular complexity index is 777. The van der Waals surface area contributed by atoms with Crippen molar-refractivity contribution in [1.82, 2.24) is 0 Å². The zero-order chi connectivity index (χ0) is 18.6. The van der Waals surface area contributed by atoms with Gasteiger partial charge in [0, 0.05) is 5.56 Å². The van der Waals surface area contributed by atoms with Gasteiger partial charge in [0.05, 0.1) is 30.4 Å². The van der Waals surface area contributed by atoms with Crippen LogP contribution in [0.5, 0.6) is 5.75 Å². The van der Waals surface area contributed by atoms with Crippen LogP contribution in [0.1, 0.15) is 15.9 Å². The number of carbonyl (C=O) groups is 1. The van der Waals surface area contributed by atoms with E-state index in [1.54, 1.807) is 12.1 Å². The van der Waals surface area contributed by atoms with E-state index >= 15 is 0 Å². The predicted octanol–water partition coefficient (Wildman–Crippen LogP) is 4.12. The molecule has 1 aliphatic rings. The molecule has 0 radical (unpaired) electrons. The molecule has 138 valence electrons. The molecule has 0 bridgehead atoms. The van der Waals surface area contributed by atoms with E-state index in [0.29, 0.717) is 37.9 Å². The second kappa shape index (κ2) is 8.27. The lowest BCUT2D eigenvalue weighted by Gasteiger charge is -2.37. The van der Waals surface area contributed by atoms with Crippen LogP contribution in [-0.2, 0) is 16.1 Å². The lowest BCUT2D eigenvalue weighted by molar-refractivity contribution is -1.10. The third-order valence-electron chi connectivity index (χ3n) is 4.34. The smallest absolute Gasteiger partial charge is 0.402 e. The number of morpholine rings is 1. The molecule has 2 aromatic carbocycles. The number of quaternary nitrogens is 1. The average Bonchev–Trinajstić information content (AvgIpc) is 2.64. The fourth-order valence-corrected chi connectivity index (χ4v) is 3.48. The lowest BCUT2D eigenvalue weighted by Crippen LogP contribution is -2.55. The van der Waals surface area contributed by atoms with E-state index in [2.05, 4.69) is 0 Å². The van der Waals surface area contributed by atoms with Crippen LogP contribution >= 0.6 is 23.2 Å². The van der Waals surface area contributed by atoms with Crippen molar-refractivity contribution in [2.75, 3.05) is 33.4 Å². The molecule has 1 heterocycles. The zero-order valence-corrected chi connectivity index (χ0v) is 15.9. The van der Waals surface area contributed by atoms with Crippen molar-refractivity contribution in [2.24, 2.45) is 0 Å². The lowest BCUT2D eigenvalue weighted by atomic mass is 10.2. The van der Waals surface area contributed by atoms with Gasteiger partial charge < -0.3 is 9.47 Å². The van der Waals surface area contributed by atoms with Crippen molar-refractivity contribution in [3.8, 4) is 5.75 Å². The molecular weight excluding hydrogens is 377 g/mol. The second-order valence-corrected chi connectivity index (χ2v) is 6.89. The molecule has 0 aromatic heterocycles. The minimum atomic E-state index is -0.563. The molecular formula is C19H20Cl2NO4+. The maximum Gasteiger partial charge on any atom is 0.402 e. The standard InChI is InChI=1S/C19H20Cl2NO4/c1-24-18-16(21)8-7-15(20)17(18)19(23)26-22(9-11-25-12-10-22)13-14-5-3-2-4-6-14/h2-8H,9-13H2,1H3/q+1. The molecule has 2 aromatic rings. The Morgan fingerprint density at radius 3 is 2.38 bits per heavy atom. The number of halogens is 2. The van der Waals surface area contributed by atoms with Gasteiger partial charge in [-0.3, -0.25) is 4.84 Å². The molecule has 0 spiro atoms. The van der Waals surface area contributed by atoms with Gasteiger partial charge in [0.2, 0.25) is 0 Å². The first kappa shape index (κ1) is 19.0. The van der Waals surface area contributed by atoms with Crippen molar-refractivity contribution in [3.05, 3.63) is 63.6 Å². The van der Waals surface area contributed by atoms with E-state index < -0.39 is 5.97 Å². The second-order valence-electron chi connectivity index (χ2n) is 6.08. The predicted molar refractivity (Wildman–Crippen MR) is 99.4 cm³/mol. The minimum absolute atomic E-state index is 0.134. The van der Waals surface area contributed by atoms with Gasteiger partial charge in [0.15, 0.2) is 5.75 Å². The summed E-state index contributed by atoms with van der Waals surface area (Å²) in [7, 11) is 1.44. The van der Waals surface area contributed by atoms with Crippen LogP contribution in [0.4, 0.5) is 0 Å². The van der Waals surface area contributed by atoms with Gasteiger partial charge in [-0.15, -0.1) is 4.65 Å². The minimum Gasteiger partial charge on any atom is -0.494 e. The Hall–Kier alpha value is -1.79. The molecule has 1 saturated heterocycles. The number of nitrogens with zero attached hydrogens (tertiary/aromatic N) is 1. The number of carbonyl (C=O) groups excluding carboxylic acids is 1. The van der Waals surface area contributed by atoms with Crippen molar-refractivity contribution in [1.29, 1.82) is 0 Å². The summed E-state index contributed by atoms with van der Waals surface area (Å²) in [4.78, 5) is 18.9. The number of methoxy groups -OCH3 is 1. The summed E-state index contributed by atoms with van der Waals surface area (Å²) < 4.78 is 10.9. The molecule has 1 aliphatic heterocycles. The number of benzene rings is 2. The maximum absolute atomic E-state index is 13.0. The monoisotopic (exact) mass is 396 g/mol. The van der Waals surface area contributed by atoms with Crippen LogP contribution in [0.3, 0.4) is 0 Å². The van der Waals surface area contributed by atoms with Gasteiger partial charge in [-0.2, -0.15) is 0 Å². The Labute approximate surface area is 162 Å². The summed E-state index contributed by atoms with van der Waals surface area (Å²) in [6.45, 7) is 2.69. The van der Waals surface area contributed by atoms with Crippen LogP contribution in [0.25, 0.3) is 0 Å². The fraction of sp³-hybridized carbons (Fsp3) is 0.316. The van der Waals surface area contributed by atoms with Crippen molar-refractivity contribution < 1.29 is 23.8 Å². The van der Waals surface area contributed by atoms with E-state index in [0.717, 1.165) is 5.56 Å². The Morgan fingerprint density at radius 1 is 1.08 bits per heavy atom. The Kier molecular flexibility index (Phi) is 6.04. The largest absolute Gasteiger partial charge is 0.494 e. The summed E-state index contributed by atoms with van der Waals surface area (Å²) >= 11 is 12.4. The van der Waals surface area contributed by atoms with Crippen LogP contribution < -0.4 is 4.74 Å². The first-order valence-corrected chi connectivity index (χ1v) is 9.04. The normalized spacial score (nSPS) is 16.1. The van der Waals surface area contributed by atoms with E-state index in [1.807, 2.05) is 30.3 Å². The Balaban J connectivity index is 1.90. The summed E-state index contributed by atoms with van der Waals surface area (Å²) in [5.74, 6) is -0.345. The molecule has 7 heteroatoms. The third kappa shape index (κ3) is 4.13. The highest BCUT2D eigenvalue weighted by atomic mass is 35.5. The van der Waals surface area contributed by atoms with Gasteiger partial charge in [-0.05, 0) is 12.1 Å². The van der Waals surface area contributed by atoms with Crippen LogP contribution in [0.2, 0.25) is 10.0 Å². The van der Waals surface area contributed by atoms with E-state index in [-0.39, 0.29) is 21.0 Å². The molecule has 0 atom stereocenters. The molecule has 0 amide bonds. The van der Waals surface area contributed by atoms with Gasteiger partial charge in [0.1, 0.15) is 25.2 Å². The number of hydrogen-bond donors (Lipinski definition) is 0. The zero-order valence-electron chi connectivity index (χ0n) is 14.4. The molecule has 0 aliphatic carbocycles. The number of hydrogen-bond acceptors (Lipinski definition) is 4. The molecule has 0 N–H and O–H groups in total. The molecule has 0 unspecified atom stereocenters. The average molecular weight is 397 g/mol. The summed E-state index contributed by atoms with van der Waals surface area (Å²) in [5.41, 5.74) is 1.21. The molecule has 5 nitrogen and oxygen atoms in total. The van der Waals surface area contributed by atoms with Crippen molar-refractivity contribution in [2.45, 2.75) is 6.54 Å². The first-order chi connectivity index (χ1) is 12.5. The van der Waals surface area contributed by atoms with Gasteiger partial charge in [0.25, 0.3) is 0 Å². The maximum atomic E-state index is 13.0. The van der Waals surface area contributed by atoms with Crippen LogP contribution in [-0.4, -0.2) is 44.0 Å². The molecule has 1 fully saturated rings. The first-order valence-electron chi connectivity index (χ1n) is 8.28. The van der Waals surface area contributed by atoms with Crippen LogP contribution in [0, 0.1) is 0 Å². The number of rotatable bonds is 5. The van der Waals surface area contributed by atoms with E-state index in [4.69, 9.17) is 37.5 Å². The quantitative estimate of drug-likeness (QED) is 0.712. The number of hydroxylamine groups is 3. The number of ether oxygens (including phenoxy) is 2. The Morgan fingerprint density at radius 2 is 1.73 bits per heavy atom. The summed E-state index contributed by atoms with van der Waals surface area (Å²) in [6.07, 6.45) is 0. The highest BCUT2D eigenvalue weighted by molar-refractivity contribution is 6.37. The molecule has 26 heavy (non-hydrogen) atoms. The van der Waals surface area contributed by atoms with Gasteiger partial charge in [-0.1, -0.05) is 53.5 Å². The summed E-state index contributed by atoms with van der Waals surface area (Å²) in [6, 6.07) is 13.0.